The van der Waals surface area contributed by atoms with E-state index in [2.05, 4.69) is 5.10 Å². The highest BCUT2D eigenvalue weighted by Gasteiger charge is 2.43. The number of hydrogen-bond donors (Lipinski definition) is 1. The van der Waals surface area contributed by atoms with E-state index in [0.29, 0.717) is 29.8 Å². The highest BCUT2D eigenvalue weighted by atomic mass is 35.5. The minimum Gasteiger partial charge on any atom is -0.337 e. The number of aromatic nitrogens is 2. The topological polar surface area (TPSA) is 64.2 Å². The first-order valence-corrected chi connectivity index (χ1v) is 9.64. The van der Waals surface area contributed by atoms with E-state index in [9.17, 15) is 13.6 Å². The lowest BCUT2D eigenvalue weighted by atomic mass is 9.98. The van der Waals surface area contributed by atoms with Crippen LogP contribution in [0.4, 0.5) is 8.78 Å². The predicted molar refractivity (Wildman–Crippen MR) is 103 cm³/mol. The summed E-state index contributed by atoms with van der Waals surface area (Å²) < 4.78 is 28.6. The lowest BCUT2D eigenvalue weighted by molar-refractivity contribution is 0.0772. The van der Waals surface area contributed by atoms with Crippen LogP contribution in [0.15, 0.2) is 18.2 Å². The summed E-state index contributed by atoms with van der Waals surface area (Å²) >= 11 is 0. The summed E-state index contributed by atoms with van der Waals surface area (Å²) in [5.41, 5.74) is 8.98. The average molecular weight is 409 g/mol. The number of carbonyl (C=O) groups is 1. The second-order valence-corrected chi connectivity index (χ2v) is 8.01. The average Bonchev–Trinajstić information content (AvgIpc) is 3.39. The van der Waals surface area contributed by atoms with E-state index < -0.39 is 11.6 Å². The molecule has 1 aromatic heterocycles. The molecule has 1 saturated carbocycles. The van der Waals surface area contributed by atoms with E-state index in [1.807, 2.05) is 4.90 Å². The molecule has 2 aromatic rings. The fraction of sp³-hybridized carbons (Fsp3) is 0.500. The number of fused-ring (bicyclic) bond motifs is 2. The van der Waals surface area contributed by atoms with Gasteiger partial charge in [0.25, 0.3) is 5.91 Å². The third-order valence-electron chi connectivity index (χ3n) is 6.48. The van der Waals surface area contributed by atoms with Gasteiger partial charge in [-0.25, -0.2) is 13.5 Å². The van der Waals surface area contributed by atoms with Crippen LogP contribution in [0, 0.1) is 23.5 Å². The van der Waals surface area contributed by atoms with Crippen molar-refractivity contribution < 1.29 is 13.6 Å². The number of likely N-dealkylation sites (tertiary alicyclic amines) is 1. The first kappa shape index (κ1) is 19.3. The Hall–Kier alpha value is -1.99. The molecule has 2 heterocycles. The molecular weight excluding hydrogens is 386 g/mol. The normalized spacial score (nSPS) is 25.5. The Labute approximate surface area is 168 Å². The smallest absolute Gasteiger partial charge is 0.274 e. The number of amides is 1. The van der Waals surface area contributed by atoms with Gasteiger partial charge < -0.3 is 10.6 Å². The molecule has 2 aliphatic carbocycles. The van der Waals surface area contributed by atoms with Crippen molar-refractivity contribution in [3.63, 3.8) is 0 Å². The Morgan fingerprint density at radius 2 is 1.96 bits per heavy atom. The molecule has 0 spiro atoms. The zero-order valence-corrected chi connectivity index (χ0v) is 16.2. The third kappa shape index (κ3) is 2.92. The Morgan fingerprint density at radius 3 is 2.71 bits per heavy atom. The molecule has 1 saturated heterocycles. The molecule has 150 valence electrons. The molecule has 1 aliphatic heterocycles. The highest BCUT2D eigenvalue weighted by Crippen LogP contribution is 2.38. The summed E-state index contributed by atoms with van der Waals surface area (Å²) in [6.07, 6.45) is 4.63. The molecule has 2 N–H and O–H groups in total. The van der Waals surface area contributed by atoms with Crippen LogP contribution in [-0.2, 0) is 12.8 Å². The number of nitrogens with zero attached hydrogens (tertiary/aromatic N) is 3. The van der Waals surface area contributed by atoms with Gasteiger partial charge in [0.1, 0.15) is 0 Å². The van der Waals surface area contributed by atoms with E-state index >= 15 is 0 Å². The van der Waals surface area contributed by atoms with Crippen LogP contribution in [0.3, 0.4) is 0 Å². The molecule has 2 fully saturated rings. The molecule has 0 bridgehead atoms. The van der Waals surface area contributed by atoms with E-state index in [4.69, 9.17) is 5.73 Å². The number of halogens is 3. The largest absolute Gasteiger partial charge is 0.337 e. The van der Waals surface area contributed by atoms with Crippen molar-refractivity contribution in [1.29, 1.82) is 0 Å². The molecule has 8 heteroatoms. The highest BCUT2D eigenvalue weighted by molar-refractivity contribution is 5.94. The Morgan fingerprint density at radius 1 is 1.14 bits per heavy atom. The quantitative estimate of drug-likeness (QED) is 0.831. The number of hydrogen-bond acceptors (Lipinski definition) is 3. The maximum Gasteiger partial charge on any atom is 0.274 e. The van der Waals surface area contributed by atoms with Crippen LogP contribution in [0.2, 0.25) is 0 Å². The van der Waals surface area contributed by atoms with Gasteiger partial charge >= 0.3 is 0 Å². The maximum atomic E-state index is 13.7. The van der Waals surface area contributed by atoms with Gasteiger partial charge in [-0.1, -0.05) is 0 Å². The standard InChI is InChI=1S/C20H22F2N4O.ClH/c21-15-6-5-12(8-16(15)22)26-18-3-1-2-13(18)19(24-26)20(27)25-9-11-4-7-17(23)14(11)10-25;/h5-6,8,11,14,17H,1-4,7,9-10,23H2;1H. The molecule has 3 aliphatic rings. The summed E-state index contributed by atoms with van der Waals surface area (Å²) in [5.74, 6) is -0.987. The van der Waals surface area contributed by atoms with Crippen molar-refractivity contribution in [2.45, 2.75) is 38.1 Å². The van der Waals surface area contributed by atoms with E-state index in [1.165, 1.54) is 6.07 Å². The zero-order chi connectivity index (χ0) is 18.7. The summed E-state index contributed by atoms with van der Waals surface area (Å²) in [4.78, 5) is 15.1. The van der Waals surface area contributed by atoms with Crippen LogP contribution in [-0.4, -0.2) is 39.7 Å². The van der Waals surface area contributed by atoms with Crippen molar-refractivity contribution in [2.24, 2.45) is 17.6 Å². The van der Waals surface area contributed by atoms with Crippen molar-refractivity contribution >= 4 is 18.3 Å². The van der Waals surface area contributed by atoms with E-state index in [0.717, 1.165) is 62.0 Å². The van der Waals surface area contributed by atoms with E-state index in [1.54, 1.807) is 4.68 Å². The Balaban J connectivity index is 0.00000192. The summed E-state index contributed by atoms with van der Waals surface area (Å²) in [7, 11) is 0. The molecule has 5 nitrogen and oxygen atoms in total. The second kappa shape index (κ2) is 7.12. The minimum atomic E-state index is -0.913. The van der Waals surface area contributed by atoms with Crippen molar-refractivity contribution in [2.75, 3.05) is 13.1 Å². The molecule has 5 rings (SSSR count). The Bertz CT molecular complexity index is 931. The maximum absolute atomic E-state index is 13.7. The van der Waals surface area contributed by atoms with Crippen LogP contribution < -0.4 is 5.73 Å². The first-order chi connectivity index (χ1) is 13.0. The second-order valence-electron chi connectivity index (χ2n) is 8.01. The molecule has 3 unspecified atom stereocenters. The zero-order valence-electron chi connectivity index (χ0n) is 15.4. The number of benzene rings is 1. The third-order valence-corrected chi connectivity index (χ3v) is 6.48. The molecule has 0 radical (unpaired) electrons. The van der Waals surface area contributed by atoms with Gasteiger partial charge in [0, 0.05) is 36.5 Å². The summed E-state index contributed by atoms with van der Waals surface area (Å²) in [6.45, 7) is 1.43. The van der Waals surface area contributed by atoms with Crippen LogP contribution in [0.5, 0.6) is 0 Å². The lowest BCUT2D eigenvalue weighted by Crippen LogP contribution is -2.34. The monoisotopic (exact) mass is 408 g/mol. The van der Waals surface area contributed by atoms with Crippen molar-refractivity contribution in [3.05, 3.63) is 46.8 Å². The van der Waals surface area contributed by atoms with E-state index in [-0.39, 0.29) is 24.4 Å². The lowest BCUT2D eigenvalue weighted by Gasteiger charge is -2.18. The van der Waals surface area contributed by atoms with Gasteiger partial charge in [0.05, 0.1) is 5.69 Å². The molecule has 3 atom stereocenters. The van der Waals surface area contributed by atoms with Gasteiger partial charge in [0.2, 0.25) is 0 Å². The fourth-order valence-electron chi connectivity index (χ4n) is 5.06. The van der Waals surface area contributed by atoms with Gasteiger partial charge in [0.15, 0.2) is 17.3 Å². The van der Waals surface area contributed by atoms with Gasteiger partial charge in [-0.2, -0.15) is 5.10 Å². The van der Waals surface area contributed by atoms with Crippen LogP contribution in [0.25, 0.3) is 5.69 Å². The van der Waals surface area contributed by atoms with Gasteiger partial charge in [-0.15, -0.1) is 12.4 Å². The predicted octanol–water partition coefficient (Wildman–Crippen LogP) is 2.87. The molecule has 1 amide bonds. The number of nitrogens with two attached hydrogens (primary N) is 1. The van der Waals surface area contributed by atoms with Crippen LogP contribution in [0.1, 0.15) is 41.0 Å². The van der Waals surface area contributed by atoms with Gasteiger partial charge in [-0.05, 0) is 56.1 Å². The minimum absolute atomic E-state index is 0. The Kier molecular flexibility index (Phi) is 4.91. The van der Waals surface area contributed by atoms with Gasteiger partial charge in [-0.3, -0.25) is 4.79 Å². The van der Waals surface area contributed by atoms with Crippen molar-refractivity contribution in [3.8, 4) is 5.69 Å². The summed E-state index contributed by atoms with van der Waals surface area (Å²) in [5, 5.41) is 4.54. The number of rotatable bonds is 2. The van der Waals surface area contributed by atoms with Crippen LogP contribution >= 0.6 is 12.4 Å². The molecule has 28 heavy (non-hydrogen) atoms. The SMILES string of the molecule is Cl.NC1CCC2CN(C(=O)c3nn(-c4ccc(F)c(F)c4)c4c3CCC4)CC12. The molecular formula is C20H23ClF2N4O. The summed E-state index contributed by atoms with van der Waals surface area (Å²) in [6, 6.07) is 3.91. The number of carbonyl (C=O) groups excluding carboxylic acids is 1. The first-order valence-electron chi connectivity index (χ1n) is 9.64. The fourth-order valence-corrected chi connectivity index (χ4v) is 5.06. The van der Waals surface area contributed by atoms with Crippen molar-refractivity contribution in [1.82, 2.24) is 14.7 Å². The molecule has 1 aromatic carbocycles.